The van der Waals surface area contributed by atoms with Crippen LogP contribution in [0.3, 0.4) is 0 Å². The standard InChI is InChI=1S/C19H24O3/c1-18-9-7-15-14-5-4-13(22-2)11-12(14)3-6-16(15)19(18,21)10-8-17(18)20/h4-5,11,15-16,21H,3,6-10H2,1-2H3/t15-,16+,18-,19+/m1/s1. The monoisotopic (exact) mass is 300 g/mol. The van der Waals surface area contributed by atoms with Gasteiger partial charge in [-0.05, 0) is 74.1 Å². The summed E-state index contributed by atoms with van der Waals surface area (Å²) in [5.74, 6) is 1.79. The Kier molecular flexibility index (Phi) is 2.96. The van der Waals surface area contributed by atoms with Gasteiger partial charge in [0, 0.05) is 6.42 Å². The maximum absolute atomic E-state index is 12.4. The van der Waals surface area contributed by atoms with Crippen LogP contribution in [0.4, 0.5) is 0 Å². The van der Waals surface area contributed by atoms with Gasteiger partial charge in [0.1, 0.15) is 11.5 Å². The van der Waals surface area contributed by atoms with Gasteiger partial charge in [-0.2, -0.15) is 0 Å². The molecule has 3 nitrogen and oxygen atoms in total. The Hall–Kier alpha value is -1.35. The molecule has 1 N–H and O–H groups in total. The van der Waals surface area contributed by atoms with E-state index in [2.05, 4.69) is 12.1 Å². The topological polar surface area (TPSA) is 46.5 Å². The minimum Gasteiger partial charge on any atom is -0.497 e. The lowest BCUT2D eigenvalue weighted by Gasteiger charge is -2.53. The Labute approximate surface area is 131 Å². The van der Waals surface area contributed by atoms with E-state index in [-0.39, 0.29) is 11.7 Å². The third-order valence-corrected chi connectivity index (χ3v) is 6.83. The molecule has 118 valence electrons. The number of rotatable bonds is 1. The minimum absolute atomic E-state index is 0.221. The van der Waals surface area contributed by atoms with E-state index >= 15 is 0 Å². The van der Waals surface area contributed by atoms with Gasteiger partial charge >= 0.3 is 0 Å². The van der Waals surface area contributed by atoms with Gasteiger partial charge in [0.25, 0.3) is 0 Å². The van der Waals surface area contributed by atoms with Crippen LogP contribution in [0.2, 0.25) is 0 Å². The summed E-state index contributed by atoms with van der Waals surface area (Å²) in [5.41, 5.74) is 1.41. The van der Waals surface area contributed by atoms with E-state index in [1.807, 2.05) is 13.0 Å². The highest BCUT2D eigenvalue weighted by Gasteiger charge is 2.64. The summed E-state index contributed by atoms with van der Waals surface area (Å²) in [7, 11) is 1.70. The summed E-state index contributed by atoms with van der Waals surface area (Å²) in [5, 5.41) is 11.4. The fourth-order valence-electron chi connectivity index (χ4n) is 5.44. The third kappa shape index (κ3) is 1.63. The van der Waals surface area contributed by atoms with Crippen LogP contribution in [0, 0.1) is 11.3 Å². The molecule has 0 spiro atoms. The maximum atomic E-state index is 12.4. The molecule has 3 aliphatic carbocycles. The largest absolute Gasteiger partial charge is 0.497 e. The van der Waals surface area contributed by atoms with E-state index in [4.69, 9.17) is 4.74 Å². The molecule has 0 amide bonds. The number of aryl methyl sites for hydroxylation is 1. The van der Waals surface area contributed by atoms with Gasteiger partial charge < -0.3 is 9.84 Å². The number of ether oxygens (including phenoxy) is 1. The molecule has 0 heterocycles. The number of hydrogen-bond donors (Lipinski definition) is 1. The van der Waals surface area contributed by atoms with Crippen LogP contribution in [0.5, 0.6) is 5.75 Å². The molecule has 0 unspecified atom stereocenters. The molecule has 0 aliphatic heterocycles. The average molecular weight is 300 g/mol. The summed E-state index contributed by atoms with van der Waals surface area (Å²) in [6, 6.07) is 6.34. The molecule has 0 aromatic heterocycles. The van der Waals surface area contributed by atoms with Crippen LogP contribution in [-0.4, -0.2) is 23.6 Å². The molecule has 3 aliphatic rings. The predicted molar refractivity (Wildman–Crippen MR) is 84.1 cm³/mol. The zero-order chi connectivity index (χ0) is 15.5. The van der Waals surface area contributed by atoms with E-state index in [9.17, 15) is 9.90 Å². The summed E-state index contributed by atoms with van der Waals surface area (Å²) >= 11 is 0. The number of ketones is 1. The summed E-state index contributed by atoms with van der Waals surface area (Å²) in [6.45, 7) is 2.00. The number of Topliss-reactive ketones (excluding diaryl/α,β-unsaturated/α-hetero) is 1. The highest BCUT2D eigenvalue weighted by molar-refractivity contribution is 5.88. The van der Waals surface area contributed by atoms with Crippen molar-refractivity contribution < 1.29 is 14.6 Å². The highest BCUT2D eigenvalue weighted by atomic mass is 16.5. The van der Waals surface area contributed by atoms with Crippen LogP contribution in [0.25, 0.3) is 0 Å². The van der Waals surface area contributed by atoms with E-state index in [1.54, 1.807) is 7.11 Å². The molecule has 4 atom stereocenters. The number of fused-ring (bicyclic) bond motifs is 5. The first kappa shape index (κ1) is 14.3. The van der Waals surface area contributed by atoms with Crippen LogP contribution in [0.1, 0.15) is 56.1 Å². The van der Waals surface area contributed by atoms with Crippen molar-refractivity contribution in [3.05, 3.63) is 29.3 Å². The lowest BCUT2D eigenvalue weighted by Crippen LogP contribution is -2.56. The van der Waals surface area contributed by atoms with Crippen LogP contribution < -0.4 is 4.74 Å². The second-order valence-corrected chi connectivity index (χ2v) is 7.53. The highest BCUT2D eigenvalue weighted by Crippen LogP contribution is 2.61. The maximum Gasteiger partial charge on any atom is 0.141 e. The van der Waals surface area contributed by atoms with Crippen LogP contribution in [-0.2, 0) is 11.2 Å². The van der Waals surface area contributed by atoms with Crippen molar-refractivity contribution in [1.29, 1.82) is 0 Å². The molecule has 2 fully saturated rings. The smallest absolute Gasteiger partial charge is 0.141 e. The van der Waals surface area contributed by atoms with Crippen LogP contribution >= 0.6 is 0 Å². The SMILES string of the molecule is COc1ccc2c(c1)CC[C@H]1[C@@H]2CC[C@]2(C)C(=O)CC[C@]12O. The van der Waals surface area contributed by atoms with Crippen LogP contribution in [0.15, 0.2) is 18.2 Å². The molecule has 0 radical (unpaired) electrons. The van der Waals surface area contributed by atoms with Gasteiger partial charge in [-0.15, -0.1) is 0 Å². The second-order valence-electron chi connectivity index (χ2n) is 7.53. The molecule has 0 saturated heterocycles. The summed E-state index contributed by atoms with van der Waals surface area (Å²) in [6.07, 6.45) is 4.97. The Balaban J connectivity index is 1.75. The minimum atomic E-state index is -0.801. The van der Waals surface area contributed by atoms with Crippen molar-refractivity contribution in [2.45, 2.75) is 57.0 Å². The zero-order valence-corrected chi connectivity index (χ0v) is 13.4. The molecule has 2 saturated carbocycles. The number of carbonyl (C=O) groups excluding carboxylic acids is 1. The number of aliphatic hydroxyl groups is 1. The van der Waals surface area contributed by atoms with Crippen molar-refractivity contribution in [1.82, 2.24) is 0 Å². The molecule has 3 heteroatoms. The van der Waals surface area contributed by atoms with Crippen molar-refractivity contribution in [3.8, 4) is 5.75 Å². The molecule has 1 aromatic rings. The third-order valence-electron chi connectivity index (χ3n) is 6.83. The van der Waals surface area contributed by atoms with Gasteiger partial charge in [0.2, 0.25) is 0 Å². The Morgan fingerprint density at radius 1 is 1.23 bits per heavy atom. The van der Waals surface area contributed by atoms with Gasteiger partial charge in [-0.1, -0.05) is 6.07 Å². The fourth-order valence-corrected chi connectivity index (χ4v) is 5.44. The van der Waals surface area contributed by atoms with Crippen molar-refractivity contribution in [2.75, 3.05) is 7.11 Å². The summed E-state index contributed by atoms with van der Waals surface area (Å²) < 4.78 is 5.34. The Morgan fingerprint density at radius 3 is 2.82 bits per heavy atom. The van der Waals surface area contributed by atoms with Crippen molar-refractivity contribution >= 4 is 5.78 Å². The second kappa shape index (κ2) is 4.58. The van der Waals surface area contributed by atoms with E-state index in [1.165, 1.54) is 11.1 Å². The number of hydrogen-bond acceptors (Lipinski definition) is 3. The zero-order valence-electron chi connectivity index (χ0n) is 13.4. The van der Waals surface area contributed by atoms with E-state index in [0.717, 1.165) is 31.4 Å². The molecule has 0 bridgehead atoms. The molecule has 22 heavy (non-hydrogen) atoms. The first-order valence-electron chi connectivity index (χ1n) is 8.42. The van der Waals surface area contributed by atoms with Gasteiger partial charge in [0.05, 0.1) is 18.1 Å². The quantitative estimate of drug-likeness (QED) is 0.866. The lowest BCUT2D eigenvalue weighted by atomic mass is 9.53. The van der Waals surface area contributed by atoms with Gasteiger partial charge in [0.15, 0.2) is 0 Å². The first-order valence-corrected chi connectivity index (χ1v) is 8.42. The Morgan fingerprint density at radius 2 is 2.05 bits per heavy atom. The average Bonchev–Trinajstić information content (AvgIpc) is 2.78. The lowest BCUT2D eigenvalue weighted by molar-refractivity contribution is -0.157. The predicted octanol–water partition coefficient (Wildman–Crippen LogP) is 3.24. The van der Waals surface area contributed by atoms with Gasteiger partial charge in [-0.25, -0.2) is 0 Å². The molecular formula is C19H24O3. The molecular weight excluding hydrogens is 276 g/mol. The normalized spacial score (nSPS) is 39.9. The number of methoxy groups -OCH3 is 1. The van der Waals surface area contributed by atoms with E-state index in [0.29, 0.717) is 18.8 Å². The van der Waals surface area contributed by atoms with E-state index < -0.39 is 11.0 Å². The Bertz CT molecular complexity index is 638. The molecule has 4 rings (SSSR count). The number of benzene rings is 1. The van der Waals surface area contributed by atoms with Crippen molar-refractivity contribution in [3.63, 3.8) is 0 Å². The summed E-state index contributed by atoms with van der Waals surface area (Å²) in [4.78, 5) is 12.4. The fraction of sp³-hybridized carbons (Fsp3) is 0.632. The van der Waals surface area contributed by atoms with Gasteiger partial charge in [-0.3, -0.25) is 4.79 Å². The number of carbonyl (C=O) groups is 1. The molecule has 1 aromatic carbocycles. The first-order chi connectivity index (χ1) is 10.5. The van der Waals surface area contributed by atoms with Crippen molar-refractivity contribution in [2.24, 2.45) is 11.3 Å².